The summed E-state index contributed by atoms with van der Waals surface area (Å²) in [4.78, 5) is 0. The quantitative estimate of drug-likeness (QED) is 0.246. The van der Waals surface area contributed by atoms with E-state index in [1.165, 1.54) is 66.4 Å². The summed E-state index contributed by atoms with van der Waals surface area (Å²) < 4.78 is 0. The Morgan fingerprint density at radius 1 is 0.484 bits per heavy atom. The van der Waals surface area contributed by atoms with E-state index in [1.54, 1.807) is 0 Å². The summed E-state index contributed by atoms with van der Waals surface area (Å²) in [6.07, 6.45) is 0. The predicted octanol–water partition coefficient (Wildman–Crippen LogP) is 7.80. The van der Waals surface area contributed by atoms with Gasteiger partial charge in [0.15, 0.2) is 0 Å². The van der Waals surface area contributed by atoms with Crippen LogP contribution in [0.3, 0.4) is 0 Å². The molecule has 0 aliphatic heterocycles. The third-order valence-corrected chi connectivity index (χ3v) is 7.46. The van der Waals surface area contributed by atoms with Gasteiger partial charge in [0.25, 0.3) is 0 Å². The first-order valence-electron chi connectivity index (χ1n) is 11.0. The Morgan fingerprint density at radius 2 is 1.10 bits per heavy atom. The second-order valence-electron chi connectivity index (χ2n) is 9.05. The van der Waals surface area contributed by atoms with E-state index in [1.807, 2.05) is 0 Å². The molecule has 31 heavy (non-hydrogen) atoms. The molecule has 146 valence electrons. The molecule has 0 heteroatoms. The van der Waals surface area contributed by atoms with Gasteiger partial charge in [-0.1, -0.05) is 103 Å². The highest BCUT2D eigenvalue weighted by Crippen LogP contribution is 2.63. The zero-order chi connectivity index (χ0) is 20.7. The second-order valence-corrected chi connectivity index (χ2v) is 9.05. The van der Waals surface area contributed by atoms with Crippen LogP contribution >= 0.6 is 0 Å². The van der Waals surface area contributed by atoms with E-state index in [0.29, 0.717) is 0 Å². The summed E-state index contributed by atoms with van der Waals surface area (Å²) in [5, 5.41) is 2.71. The molecule has 0 aromatic heterocycles. The molecule has 0 nitrogen and oxygen atoms in total. The maximum Gasteiger partial charge on any atom is 0.0725 e. The second kappa shape index (κ2) is 5.74. The smallest absolute Gasteiger partial charge is 0.0619 e. The molecule has 0 fully saturated rings. The van der Waals surface area contributed by atoms with Crippen LogP contribution in [0.2, 0.25) is 0 Å². The van der Waals surface area contributed by atoms with Crippen LogP contribution < -0.4 is 0 Å². The third kappa shape index (κ3) is 1.92. The Labute approximate surface area is 182 Å². The highest BCUT2D eigenvalue weighted by Gasteiger charge is 2.52. The van der Waals surface area contributed by atoms with Gasteiger partial charge in [0, 0.05) is 0 Å². The fourth-order valence-electron chi connectivity index (χ4n) is 6.29. The van der Waals surface area contributed by atoms with Crippen molar-refractivity contribution in [2.24, 2.45) is 0 Å². The van der Waals surface area contributed by atoms with E-state index in [4.69, 9.17) is 0 Å². The molecule has 1 spiro atoms. The Hall–Kier alpha value is -3.64. The number of benzene rings is 5. The predicted molar refractivity (Wildman–Crippen MR) is 130 cm³/mol. The summed E-state index contributed by atoms with van der Waals surface area (Å²) in [6.45, 7) is 4.48. The largest absolute Gasteiger partial charge is 0.0725 e. The first kappa shape index (κ1) is 17.1. The number of hydrogen-bond acceptors (Lipinski definition) is 0. The van der Waals surface area contributed by atoms with Gasteiger partial charge in [-0.2, -0.15) is 0 Å². The van der Waals surface area contributed by atoms with Crippen LogP contribution in [0.15, 0.2) is 97.1 Å². The van der Waals surface area contributed by atoms with Gasteiger partial charge in [0.2, 0.25) is 0 Å². The minimum absolute atomic E-state index is 0.251. The highest BCUT2D eigenvalue weighted by atomic mass is 14.5. The maximum atomic E-state index is 2.46. The van der Waals surface area contributed by atoms with Crippen LogP contribution in [0, 0.1) is 13.8 Å². The van der Waals surface area contributed by atoms with Gasteiger partial charge in [0.05, 0.1) is 5.41 Å². The van der Waals surface area contributed by atoms with Crippen LogP contribution in [0.1, 0.15) is 33.4 Å². The lowest BCUT2D eigenvalue weighted by molar-refractivity contribution is 0.792. The van der Waals surface area contributed by atoms with Crippen LogP contribution in [-0.2, 0) is 5.41 Å². The normalized spacial score (nSPS) is 14.4. The van der Waals surface area contributed by atoms with Gasteiger partial charge in [-0.3, -0.25) is 0 Å². The van der Waals surface area contributed by atoms with Crippen LogP contribution in [0.4, 0.5) is 0 Å². The van der Waals surface area contributed by atoms with Crippen molar-refractivity contribution < 1.29 is 0 Å². The molecule has 0 heterocycles. The van der Waals surface area contributed by atoms with Crippen molar-refractivity contribution in [1.82, 2.24) is 0 Å². The molecular weight excluding hydrogens is 372 g/mol. The Bertz CT molecular complexity index is 1500. The average molecular weight is 395 g/mol. The number of aryl methyl sites for hydroxylation is 2. The fourth-order valence-corrected chi connectivity index (χ4v) is 6.29. The van der Waals surface area contributed by atoms with Gasteiger partial charge < -0.3 is 0 Å². The lowest BCUT2D eigenvalue weighted by Crippen LogP contribution is -2.26. The van der Waals surface area contributed by atoms with E-state index in [0.717, 1.165) is 0 Å². The average Bonchev–Trinajstić information content (AvgIpc) is 3.26. The molecule has 7 rings (SSSR count). The number of rotatable bonds is 0. The molecule has 2 aliphatic carbocycles. The van der Waals surface area contributed by atoms with E-state index in [-0.39, 0.29) is 5.41 Å². The molecule has 0 atom stereocenters. The maximum absolute atomic E-state index is 2.46. The molecule has 5 aromatic carbocycles. The van der Waals surface area contributed by atoms with Crippen LogP contribution in [0.25, 0.3) is 33.0 Å². The van der Waals surface area contributed by atoms with Crippen molar-refractivity contribution in [3.05, 3.63) is 130 Å². The van der Waals surface area contributed by atoms with Gasteiger partial charge in [0.1, 0.15) is 0 Å². The fraction of sp³-hybridized carbons (Fsp3) is 0.0968. The van der Waals surface area contributed by atoms with Crippen molar-refractivity contribution in [2.45, 2.75) is 19.3 Å². The third-order valence-electron chi connectivity index (χ3n) is 7.46. The minimum Gasteiger partial charge on any atom is -0.0619 e. The van der Waals surface area contributed by atoms with E-state index < -0.39 is 0 Å². The van der Waals surface area contributed by atoms with Crippen molar-refractivity contribution in [1.29, 1.82) is 0 Å². The molecule has 0 unspecified atom stereocenters. The van der Waals surface area contributed by atoms with Crippen LogP contribution in [0.5, 0.6) is 0 Å². The molecular formula is C31H22. The van der Waals surface area contributed by atoms with Gasteiger partial charge in [-0.15, -0.1) is 0 Å². The Kier molecular flexibility index (Phi) is 3.16. The topological polar surface area (TPSA) is 0 Å². The number of fused-ring (bicyclic) bond motifs is 12. The molecule has 0 saturated carbocycles. The van der Waals surface area contributed by atoms with Crippen molar-refractivity contribution >= 4 is 10.8 Å². The molecule has 0 radical (unpaired) electrons. The van der Waals surface area contributed by atoms with E-state index >= 15 is 0 Å². The molecule has 0 amide bonds. The summed E-state index contributed by atoms with van der Waals surface area (Å²) in [6, 6.07) is 36.5. The van der Waals surface area contributed by atoms with Gasteiger partial charge >= 0.3 is 0 Å². The summed E-state index contributed by atoms with van der Waals surface area (Å²) in [7, 11) is 0. The van der Waals surface area contributed by atoms with Gasteiger partial charge in [-0.25, -0.2) is 0 Å². The van der Waals surface area contributed by atoms with Gasteiger partial charge in [-0.05, 0) is 74.7 Å². The summed E-state index contributed by atoms with van der Waals surface area (Å²) in [5.74, 6) is 0. The standard InChI is InChI=1S/C31H22/c1-19-15-16-25-28(17-19)31(29-18-20(2)21-9-3-4-12-24(21)30(25)29)26-13-7-5-10-22(26)23-11-6-8-14-27(23)31/h3-18H,1-2H3. The molecule has 2 aliphatic rings. The molecule has 0 bridgehead atoms. The highest BCUT2D eigenvalue weighted by molar-refractivity contribution is 6.07. The lowest BCUT2D eigenvalue weighted by atomic mass is 9.70. The summed E-state index contributed by atoms with van der Waals surface area (Å²) >= 11 is 0. The SMILES string of the molecule is Cc1ccc2c(c1)C1(c3ccccc3-c3ccccc31)c1cc(C)c3ccccc3c1-2. The van der Waals surface area contributed by atoms with Crippen molar-refractivity contribution in [3.8, 4) is 22.3 Å². The van der Waals surface area contributed by atoms with Crippen LogP contribution in [-0.4, -0.2) is 0 Å². The Balaban J connectivity index is 1.77. The summed E-state index contributed by atoms with van der Waals surface area (Å²) in [5.41, 5.74) is 13.6. The Morgan fingerprint density at radius 3 is 1.81 bits per heavy atom. The first-order valence-corrected chi connectivity index (χ1v) is 11.0. The number of hydrogen-bond donors (Lipinski definition) is 0. The minimum atomic E-state index is -0.251. The lowest BCUT2D eigenvalue weighted by Gasteiger charge is -2.31. The first-order chi connectivity index (χ1) is 15.2. The van der Waals surface area contributed by atoms with Crippen molar-refractivity contribution in [2.75, 3.05) is 0 Å². The monoisotopic (exact) mass is 394 g/mol. The zero-order valence-electron chi connectivity index (χ0n) is 17.7. The van der Waals surface area contributed by atoms with E-state index in [9.17, 15) is 0 Å². The van der Waals surface area contributed by atoms with Crippen molar-refractivity contribution in [3.63, 3.8) is 0 Å². The molecule has 0 saturated heterocycles. The molecule has 0 N–H and O–H groups in total. The molecule has 5 aromatic rings. The van der Waals surface area contributed by atoms with E-state index in [2.05, 4.69) is 111 Å². The zero-order valence-corrected chi connectivity index (χ0v) is 17.7.